The smallest absolute Gasteiger partial charge is 0.253 e. The normalized spacial score (nSPS) is 24.8. The van der Waals surface area contributed by atoms with Gasteiger partial charge in [-0.05, 0) is 49.9 Å². The number of halogens is 1. The molecular weight excluding hydrogens is 309 g/mol. The zero-order valence-corrected chi connectivity index (χ0v) is 13.8. The van der Waals surface area contributed by atoms with E-state index in [2.05, 4.69) is 0 Å². The zero-order chi connectivity index (χ0) is 17.1. The number of nitrogens with zero attached hydrogens (tertiary/aromatic N) is 2. The molecule has 0 spiro atoms. The van der Waals surface area contributed by atoms with Crippen molar-refractivity contribution in [1.82, 2.24) is 9.80 Å². The molecule has 130 valence electrons. The second-order valence-corrected chi connectivity index (χ2v) is 6.78. The predicted octanol–water partition coefficient (Wildman–Crippen LogP) is 1.63. The number of nitrogens with two attached hydrogens (primary N) is 1. The van der Waals surface area contributed by atoms with Gasteiger partial charge in [-0.15, -0.1) is 0 Å². The number of carbonyl (C=O) groups excluding carboxylic acids is 2. The highest BCUT2D eigenvalue weighted by atomic mass is 19.1. The number of amides is 2. The summed E-state index contributed by atoms with van der Waals surface area (Å²) in [5.74, 6) is -0.544. The lowest BCUT2D eigenvalue weighted by atomic mass is 9.94. The third kappa shape index (κ3) is 3.75. The van der Waals surface area contributed by atoms with Crippen molar-refractivity contribution in [3.05, 3.63) is 35.6 Å². The van der Waals surface area contributed by atoms with E-state index in [-0.39, 0.29) is 29.6 Å². The van der Waals surface area contributed by atoms with Crippen LogP contribution in [0.2, 0.25) is 0 Å². The summed E-state index contributed by atoms with van der Waals surface area (Å²) in [6.07, 6.45) is 3.52. The molecule has 6 heteroatoms. The summed E-state index contributed by atoms with van der Waals surface area (Å²) < 4.78 is 13.0. The van der Waals surface area contributed by atoms with Crippen LogP contribution in [-0.4, -0.2) is 53.8 Å². The maximum Gasteiger partial charge on any atom is 0.253 e. The Morgan fingerprint density at radius 1 is 1.00 bits per heavy atom. The van der Waals surface area contributed by atoms with Crippen molar-refractivity contribution < 1.29 is 14.0 Å². The highest BCUT2D eigenvalue weighted by molar-refractivity contribution is 5.94. The summed E-state index contributed by atoms with van der Waals surface area (Å²) in [6.45, 7) is 2.44. The third-order valence-corrected chi connectivity index (χ3v) is 4.92. The standard InChI is InChI=1S/C18H24FN3O2/c19-15-7-5-13(6-8-15)17(23)21-9-1-3-14(11-21)18(24)22-10-2-4-16(20)12-22/h5-8,14,16H,1-4,9-12,20H2. The average molecular weight is 333 g/mol. The lowest BCUT2D eigenvalue weighted by Crippen LogP contribution is -2.51. The van der Waals surface area contributed by atoms with Gasteiger partial charge in [0, 0.05) is 37.8 Å². The summed E-state index contributed by atoms with van der Waals surface area (Å²) in [5, 5.41) is 0. The molecule has 24 heavy (non-hydrogen) atoms. The van der Waals surface area contributed by atoms with Gasteiger partial charge < -0.3 is 15.5 Å². The summed E-state index contributed by atoms with van der Waals surface area (Å²) in [5.41, 5.74) is 6.43. The Labute approximate surface area is 141 Å². The molecule has 2 aliphatic heterocycles. The Hall–Kier alpha value is -1.95. The minimum absolute atomic E-state index is 0.0586. The lowest BCUT2D eigenvalue weighted by Gasteiger charge is -2.37. The van der Waals surface area contributed by atoms with Gasteiger partial charge in [0.15, 0.2) is 0 Å². The van der Waals surface area contributed by atoms with Crippen LogP contribution in [0.5, 0.6) is 0 Å². The van der Waals surface area contributed by atoms with E-state index in [1.807, 2.05) is 4.90 Å². The second kappa shape index (κ2) is 7.30. The van der Waals surface area contributed by atoms with E-state index in [0.717, 1.165) is 32.2 Å². The molecule has 0 radical (unpaired) electrons. The highest BCUT2D eigenvalue weighted by Crippen LogP contribution is 2.22. The first-order chi connectivity index (χ1) is 11.5. The van der Waals surface area contributed by atoms with Crippen molar-refractivity contribution in [2.45, 2.75) is 31.7 Å². The molecule has 2 aliphatic rings. The zero-order valence-electron chi connectivity index (χ0n) is 13.8. The van der Waals surface area contributed by atoms with E-state index in [1.54, 1.807) is 4.90 Å². The Kier molecular flexibility index (Phi) is 5.14. The van der Waals surface area contributed by atoms with Crippen LogP contribution in [0.15, 0.2) is 24.3 Å². The van der Waals surface area contributed by atoms with Gasteiger partial charge in [0.25, 0.3) is 5.91 Å². The number of hydrogen-bond donors (Lipinski definition) is 1. The molecular formula is C18H24FN3O2. The maximum absolute atomic E-state index is 13.0. The fourth-order valence-corrected chi connectivity index (χ4v) is 3.61. The number of carbonyl (C=O) groups is 2. The molecule has 1 aromatic carbocycles. The Morgan fingerprint density at radius 2 is 1.67 bits per heavy atom. The minimum atomic E-state index is -0.361. The van der Waals surface area contributed by atoms with Crippen LogP contribution in [0.25, 0.3) is 0 Å². The molecule has 0 bridgehead atoms. The SMILES string of the molecule is NC1CCCN(C(=O)C2CCCN(C(=O)c3ccc(F)cc3)C2)C1. The van der Waals surface area contributed by atoms with Crippen LogP contribution in [0.3, 0.4) is 0 Å². The van der Waals surface area contributed by atoms with Crippen molar-refractivity contribution in [2.24, 2.45) is 11.7 Å². The van der Waals surface area contributed by atoms with E-state index >= 15 is 0 Å². The maximum atomic E-state index is 13.0. The molecule has 0 aliphatic carbocycles. The van der Waals surface area contributed by atoms with E-state index in [9.17, 15) is 14.0 Å². The van der Waals surface area contributed by atoms with Crippen molar-refractivity contribution >= 4 is 11.8 Å². The van der Waals surface area contributed by atoms with E-state index in [0.29, 0.717) is 25.2 Å². The molecule has 2 fully saturated rings. The highest BCUT2D eigenvalue weighted by Gasteiger charge is 2.33. The fourth-order valence-electron chi connectivity index (χ4n) is 3.61. The molecule has 2 atom stereocenters. The number of rotatable bonds is 2. The van der Waals surface area contributed by atoms with Gasteiger partial charge in [0.2, 0.25) is 5.91 Å². The van der Waals surface area contributed by atoms with Crippen molar-refractivity contribution in [3.8, 4) is 0 Å². The summed E-state index contributed by atoms with van der Waals surface area (Å²) in [6, 6.07) is 5.62. The topological polar surface area (TPSA) is 66.6 Å². The molecule has 2 amide bonds. The van der Waals surface area contributed by atoms with Gasteiger partial charge >= 0.3 is 0 Å². The molecule has 0 saturated carbocycles. The van der Waals surface area contributed by atoms with Gasteiger partial charge in [-0.2, -0.15) is 0 Å². The van der Waals surface area contributed by atoms with E-state index in [4.69, 9.17) is 5.73 Å². The Bertz CT molecular complexity index is 605. The van der Waals surface area contributed by atoms with Gasteiger partial charge in [-0.3, -0.25) is 9.59 Å². The lowest BCUT2D eigenvalue weighted by molar-refractivity contribution is -0.138. The molecule has 3 rings (SSSR count). The van der Waals surface area contributed by atoms with Crippen LogP contribution in [0, 0.1) is 11.7 Å². The molecule has 0 aromatic heterocycles. The average Bonchev–Trinajstić information content (AvgIpc) is 2.61. The number of piperidine rings is 2. The van der Waals surface area contributed by atoms with Gasteiger partial charge in [-0.25, -0.2) is 4.39 Å². The van der Waals surface area contributed by atoms with Crippen molar-refractivity contribution in [1.29, 1.82) is 0 Å². The molecule has 2 unspecified atom stereocenters. The van der Waals surface area contributed by atoms with Crippen LogP contribution in [0.4, 0.5) is 4.39 Å². The third-order valence-electron chi connectivity index (χ3n) is 4.92. The van der Waals surface area contributed by atoms with Gasteiger partial charge in [0.05, 0.1) is 5.92 Å². The number of benzene rings is 1. The van der Waals surface area contributed by atoms with E-state index < -0.39 is 0 Å². The monoisotopic (exact) mass is 333 g/mol. The summed E-state index contributed by atoms with van der Waals surface area (Å²) in [7, 11) is 0. The summed E-state index contributed by atoms with van der Waals surface area (Å²) >= 11 is 0. The van der Waals surface area contributed by atoms with Crippen LogP contribution >= 0.6 is 0 Å². The first kappa shape index (κ1) is 16.9. The molecule has 2 heterocycles. The van der Waals surface area contributed by atoms with Crippen LogP contribution in [-0.2, 0) is 4.79 Å². The molecule has 1 aromatic rings. The second-order valence-electron chi connectivity index (χ2n) is 6.78. The van der Waals surface area contributed by atoms with Crippen LogP contribution in [0.1, 0.15) is 36.0 Å². The quantitative estimate of drug-likeness (QED) is 0.894. The van der Waals surface area contributed by atoms with Crippen molar-refractivity contribution in [3.63, 3.8) is 0 Å². The van der Waals surface area contributed by atoms with E-state index in [1.165, 1.54) is 24.3 Å². The molecule has 2 N–H and O–H groups in total. The largest absolute Gasteiger partial charge is 0.341 e. The van der Waals surface area contributed by atoms with Crippen LogP contribution < -0.4 is 5.73 Å². The van der Waals surface area contributed by atoms with Gasteiger partial charge in [0.1, 0.15) is 5.82 Å². The number of hydrogen-bond acceptors (Lipinski definition) is 3. The number of likely N-dealkylation sites (tertiary alicyclic amines) is 2. The molecule has 2 saturated heterocycles. The van der Waals surface area contributed by atoms with Gasteiger partial charge in [-0.1, -0.05) is 0 Å². The summed E-state index contributed by atoms with van der Waals surface area (Å²) in [4.78, 5) is 28.9. The Morgan fingerprint density at radius 3 is 2.38 bits per heavy atom. The molecule has 5 nitrogen and oxygen atoms in total. The Balaban J connectivity index is 1.64. The fraction of sp³-hybridized carbons (Fsp3) is 0.556. The minimum Gasteiger partial charge on any atom is -0.341 e. The first-order valence-electron chi connectivity index (χ1n) is 8.64. The first-order valence-corrected chi connectivity index (χ1v) is 8.64. The predicted molar refractivity (Wildman–Crippen MR) is 88.8 cm³/mol. The van der Waals surface area contributed by atoms with Crippen molar-refractivity contribution in [2.75, 3.05) is 26.2 Å².